The lowest BCUT2D eigenvalue weighted by molar-refractivity contribution is -0.119. The molecule has 0 aliphatic rings. The van der Waals surface area contributed by atoms with Crippen LogP contribution in [0.3, 0.4) is 0 Å². The highest BCUT2D eigenvalue weighted by Gasteiger charge is 2.16. The van der Waals surface area contributed by atoms with Gasteiger partial charge >= 0.3 is 0 Å². The van der Waals surface area contributed by atoms with Crippen LogP contribution in [0.5, 0.6) is 0 Å². The van der Waals surface area contributed by atoms with Crippen molar-refractivity contribution in [2.45, 2.75) is 83.0 Å². The summed E-state index contributed by atoms with van der Waals surface area (Å²) in [5, 5.41) is 0. The Morgan fingerprint density at radius 2 is 1.38 bits per heavy atom. The summed E-state index contributed by atoms with van der Waals surface area (Å²) in [6, 6.07) is 6.48. The Morgan fingerprint density at radius 3 is 1.92 bits per heavy atom. The number of aryl methyl sites for hydroxylation is 1. The molecule has 0 bridgehead atoms. The van der Waals surface area contributed by atoms with Gasteiger partial charge in [-0.25, -0.2) is 13.1 Å². The average Bonchev–Trinajstić information content (AvgIpc) is 2.53. The molecule has 4 nitrogen and oxygen atoms in total. The highest BCUT2D eigenvalue weighted by molar-refractivity contribution is 7.90. The number of unbranched alkanes of at least 4 members (excludes halogenated alkanes) is 8. The van der Waals surface area contributed by atoms with E-state index in [1.165, 1.54) is 50.7 Å². The molecule has 0 fully saturated rings. The largest absolute Gasteiger partial charge is 0.274 e. The maximum Gasteiger partial charge on any atom is 0.264 e. The van der Waals surface area contributed by atoms with Crippen LogP contribution in [0.2, 0.25) is 0 Å². The van der Waals surface area contributed by atoms with Gasteiger partial charge in [-0.05, 0) is 25.5 Å². The number of sulfonamides is 1. The van der Waals surface area contributed by atoms with Gasteiger partial charge in [-0.2, -0.15) is 0 Å². The molecule has 1 amide bonds. The second kappa shape index (κ2) is 11.2. The SMILES string of the molecule is CCCCCCCCCCCC(=O)NS(=O)(=O)c1ccc(C)cc1. The number of benzene rings is 1. The lowest BCUT2D eigenvalue weighted by atomic mass is 10.1. The summed E-state index contributed by atoms with van der Waals surface area (Å²) in [6.45, 7) is 4.10. The maximum absolute atomic E-state index is 12.1. The third-order valence-corrected chi connectivity index (χ3v) is 5.48. The summed E-state index contributed by atoms with van der Waals surface area (Å²) >= 11 is 0. The lowest BCUT2D eigenvalue weighted by Gasteiger charge is -2.07. The molecule has 136 valence electrons. The number of carbonyl (C=O) groups excluding carboxylic acids is 1. The molecule has 0 aliphatic heterocycles. The molecular formula is C19H31NO3S. The molecule has 0 heterocycles. The third kappa shape index (κ3) is 8.48. The number of carbonyl (C=O) groups is 1. The second-order valence-corrected chi connectivity index (χ2v) is 8.10. The third-order valence-electron chi connectivity index (χ3n) is 4.09. The molecule has 1 aromatic carbocycles. The van der Waals surface area contributed by atoms with E-state index in [1.54, 1.807) is 12.1 Å². The van der Waals surface area contributed by atoms with Crippen LogP contribution < -0.4 is 4.72 Å². The lowest BCUT2D eigenvalue weighted by Crippen LogP contribution is -2.30. The van der Waals surface area contributed by atoms with Crippen molar-refractivity contribution in [2.75, 3.05) is 0 Å². The van der Waals surface area contributed by atoms with E-state index in [0.717, 1.165) is 24.8 Å². The molecule has 0 unspecified atom stereocenters. The first-order chi connectivity index (χ1) is 11.5. The summed E-state index contributed by atoms with van der Waals surface area (Å²) in [6.07, 6.45) is 10.7. The Morgan fingerprint density at radius 1 is 0.875 bits per heavy atom. The fraction of sp³-hybridized carbons (Fsp3) is 0.632. The first kappa shape index (κ1) is 20.7. The quantitative estimate of drug-likeness (QED) is 0.553. The molecule has 0 atom stereocenters. The molecule has 1 rings (SSSR count). The van der Waals surface area contributed by atoms with Gasteiger partial charge in [0.25, 0.3) is 10.0 Å². The number of hydrogen-bond donors (Lipinski definition) is 1. The Hall–Kier alpha value is -1.36. The van der Waals surface area contributed by atoms with Crippen molar-refractivity contribution < 1.29 is 13.2 Å². The van der Waals surface area contributed by atoms with Crippen LogP contribution in [0.25, 0.3) is 0 Å². The summed E-state index contributed by atoms with van der Waals surface area (Å²) in [4.78, 5) is 11.9. The normalized spacial score (nSPS) is 11.4. The van der Waals surface area contributed by atoms with E-state index in [-0.39, 0.29) is 11.3 Å². The molecule has 0 saturated heterocycles. The molecule has 5 heteroatoms. The summed E-state index contributed by atoms with van der Waals surface area (Å²) in [5.41, 5.74) is 0.981. The fourth-order valence-electron chi connectivity index (χ4n) is 2.57. The summed E-state index contributed by atoms with van der Waals surface area (Å²) < 4.78 is 26.3. The average molecular weight is 354 g/mol. The van der Waals surface area contributed by atoms with Gasteiger partial charge in [0, 0.05) is 6.42 Å². The minimum atomic E-state index is -3.74. The highest BCUT2D eigenvalue weighted by Crippen LogP contribution is 2.12. The molecule has 1 N–H and O–H groups in total. The van der Waals surface area contributed by atoms with Gasteiger partial charge in [0.05, 0.1) is 4.90 Å². The van der Waals surface area contributed by atoms with Crippen molar-refractivity contribution in [1.29, 1.82) is 0 Å². The van der Waals surface area contributed by atoms with Gasteiger partial charge in [0.15, 0.2) is 0 Å². The maximum atomic E-state index is 12.1. The standard InChI is InChI=1S/C19H31NO3S/c1-3-4-5-6-7-8-9-10-11-12-19(21)20-24(22,23)18-15-13-17(2)14-16-18/h13-16H,3-12H2,1-2H3,(H,20,21). The van der Waals surface area contributed by atoms with Crippen molar-refractivity contribution in [2.24, 2.45) is 0 Å². The predicted molar refractivity (Wildman–Crippen MR) is 98.4 cm³/mol. The molecule has 24 heavy (non-hydrogen) atoms. The van der Waals surface area contributed by atoms with Crippen LogP contribution in [0.4, 0.5) is 0 Å². The van der Waals surface area contributed by atoms with Crippen molar-refractivity contribution in [3.63, 3.8) is 0 Å². The number of amides is 1. The topological polar surface area (TPSA) is 63.2 Å². The molecule has 0 aromatic heterocycles. The molecule has 0 aliphatic carbocycles. The van der Waals surface area contributed by atoms with E-state index in [9.17, 15) is 13.2 Å². The van der Waals surface area contributed by atoms with Gasteiger partial charge < -0.3 is 0 Å². The van der Waals surface area contributed by atoms with Crippen LogP contribution >= 0.6 is 0 Å². The summed E-state index contributed by atoms with van der Waals surface area (Å²) in [5.74, 6) is -0.418. The van der Waals surface area contributed by atoms with Gasteiger partial charge in [0.1, 0.15) is 0 Å². The van der Waals surface area contributed by atoms with Gasteiger partial charge in [-0.15, -0.1) is 0 Å². The van der Waals surface area contributed by atoms with Crippen LogP contribution in [0.15, 0.2) is 29.2 Å². The zero-order valence-corrected chi connectivity index (χ0v) is 15.8. The Balaban J connectivity index is 2.18. The number of rotatable bonds is 12. The van der Waals surface area contributed by atoms with E-state index in [4.69, 9.17) is 0 Å². The summed E-state index contributed by atoms with van der Waals surface area (Å²) in [7, 11) is -3.74. The van der Waals surface area contributed by atoms with Crippen LogP contribution in [-0.2, 0) is 14.8 Å². The van der Waals surface area contributed by atoms with Gasteiger partial charge in [0.2, 0.25) is 5.91 Å². The Bertz CT molecular complexity index is 579. The van der Waals surface area contributed by atoms with E-state index >= 15 is 0 Å². The van der Waals surface area contributed by atoms with Crippen molar-refractivity contribution >= 4 is 15.9 Å². The van der Waals surface area contributed by atoms with Crippen molar-refractivity contribution in [1.82, 2.24) is 4.72 Å². The van der Waals surface area contributed by atoms with E-state index in [2.05, 4.69) is 11.6 Å². The molecule has 0 saturated carbocycles. The Kier molecular flexibility index (Phi) is 9.69. The monoisotopic (exact) mass is 353 g/mol. The first-order valence-corrected chi connectivity index (χ1v) is 10.6. The van der Waals surface area contributed by atoms with E-state index in [0.29, 0.717) is 0 Å². The zero-order chi connectivity index (χ0) is 17.8. The minimum Gasteiger partial charge on any atom is -0.274 e. The van der Waals surface area contributed by atoms with E-state index in [1.807, 2.05) is 6.92 Å². The number of nitrogens with one attached hydrogen (secondary N) is 1. The Labute approximate surface area is 147 Å². The van der Waals surface area contributed by atoms with Crippen molar-refractivity contribution in [3.8, 4) is 0 Å². The second-order valence-electron chi connectivity index (χ2n) is 6.42. The van der Waals surface area contributed by atoms with Crippen LogP contribution in [0, 0.1) is 6.92 Å². The van der Waals surface area contributed by atoms with E-state index < -0.39 is 15.9 Å². The predicted octanol–water partition coefficient (Wildman–Crippen LogP) is 4.72. The van der Waals surface area contributed by atoms with Crippen LogP contribution in [0.1, 0.15) is 76.7 Å². The highest BCUT2D eigenvalue weighted by atomic mass is 32.2. The molecular weight excluding hydrogens is 322 g/mol. The zero-order valence-electron chi connectivity index (χ0n) is 15.0. The minimum absolute atomic E-state index is 0.133. The smallest absolute Gasteiger partial charge is 0.264 e. The molecule has 0 spiro atoms. The molecule has 0 radical (unpaired) electrons. The van der Waals surface area contributed by atoms with Crippen LogP contribution in [-0.4, -0.2) is 14.3 Å². The molecule has 1 aromatic rings. The van der Waals surface area contributed by atoms with Gasteiger partial charge in [-0.3, -0.25) is 4.79 Å². The number of hydrogen-bond acceptors (Lipinski definition) is 3. The van der Waals surface area contributed by atoms with Crippen molar-refractivity contribution in [3.05, 3.63) is 29.8 Å². The van der Waals surface area contributed by atoms with Gasteiger partial charge in [-0.1, -0.05) is 76.0 Å². The first-order valence-electron chi connectivity index (χ1n) is 9.08. The fourth-order valence-corrected chi connectivity index (χ4v) is 3.59.